The summed E-state index contributed by atoms with van der Waals surface area (Å²) in [5, 5.41) is 0. The Kier molecular flexibility index (Phi) is 6.23. The van der Waals surface area contributed by atoms with Crippen molar-refractivity contribution in [3.63, 3.8) is 0 Å². The molecule has 0 radical (unpaired) electrons. The maximum atomic E-state index is 13.9. The van der Waals surface area contributed by atoms with E-state index in [1.807, 2.05) is 12.1 Å². The monoisotopic (exact) mass is 362 g/mol. The zero-order valence-corrected chi connectivity index (χ0v) is 15.1. The number of benzene rings is 2. The minimum Gasteiger partial charge on any atom is -0.432 e. The fraction of sp³-hybridized carbons (Fsp3) is 0.455. The molecule has 3 rings (SSSR count). The van der Waals surface area contributed by atoms with E-state index in [-0.39, 0.29) is 0 Å². The van der Waals surface area contributed by atoms with Gasteiger partial charge in [0.1, 0.15) is 0 Å². The summed E-state index contributed by atoms with van der Waals surface area (Å²) in [6.07, 6.45) is 7.68. The predicted octanol–water partition coefficient (Wildman–Crippen LogP) is 7.17. The molecule has 1 fully saturated rings. The Bertz CT molecular complexity index is 704. The van der Waals surface area contributed by atoms with Crippen LogP contribution in [0.5, 0.6) is 5.75 Å². The van der Waals surface area contributed by atoms with E-state index in [0.29, 0.717) is 11.5 Å². The van der Waals surface area contributed by atoms with Crippen molar-refractivity contribution in [1.29, 1.82) is 0 Å². The first-order valence-electron chi connectivity index (χ1n) is 9.41. The van der Waals surface area contributed by atoms with E-state index in [4.69, 9.17) is 0 Å². The van der Waals surface area contributed by atoms with Crippen molar-refractivity contribution in [3.8, 4) is 16.9 Å². The molecule has 0 N–H and O–H groups in total. The summed E-state index contributed by atoms with van der Waals surface area (Å²) in [4.78, 5) is 0. The minimum absolute atomic E-state index is 0.427. The Labute approximate surface area is 153 Å². The van der Waals surface area contributed by atoms with Gasteiger partial charge in [-0.2, -0.15) is 8.78 Å². The topological polar surface area (TPSA) is 9.23 Å². The summed E-state index contributed by atoms with van der Waals surface area (Å²) in [6, 6.07) is 12.3. The summed E-state index contributed by atoms with van der Waals surface area (Å²) in [7, 11) is 0. The Morgan fingerprint density at radius 3 is 2.19 bits per heavy atom. The molecule has 1 aliphatic carbocycles. The number of halogens is 3. The maximum Gasteiger partial charge on any atom is 0.387 e. The highest BCUT2D eigenvalue weighted by Crippen LogP contribution is 2.38. The van der Waals surface area contributed by atoms with Crippen molar-refractivity contribution in [1.82, 2.24) is 0 Å². The molecule has 4 heteroatoms. The lowest BCUT2D eigenvalue weighted by Gasteiger charge is -2.28. The summed E-state index contributed by atoms with van der Waals surface area (Å²) >= 11 is 0. The van der Waals surface area contributed by atoms with Crippen LogP contribution in [-0.4, -0.2) is 6.61 Å². The SMILES string of the molecule is CCC[C@H]1CC[C@H](c2ccc(-c3ccc(OC(F)F)c(F)c3)cc2)CC1. The number of rotatable bonds is 6. The maximum absolute atomic E-state index is 13.9. The van der Waals surface area contributed by atoms with Gasteiger partial charge in [-0.25, -0.2) is 4.39 Å². The molecule has 2 aromatic rings. The third kappa shape index (κ3) is 4.60. The Hall–Kier alpha value is -1.97. The fourth-order valence-electron chi connectivity index (χ4n) is 4.01. The van der Waals surface area contributed by atoms with Gasteiger partial charge in [-0.3, -0.25) is 0 Å². The standard InChI is InChI=1S/C22H25F3O/c1-2-3-15-4-6-16(7-5-15)17-8-10-18(11-9-17)19-12-13-21(20(23)14-19)26-22(24)25/h8-16,22H,2-7H2,1H3/t15-,16-. The van der Waals surface area contributed by atoms with Crippen molar-refractivity contribution in [2.45, 2.75) is 58.0 Å². The Balaban J connectivity index is 1.67. The van der Waals surface area contributed by atoms with E-state index in [9.17, 15) is 13.2 Å². The van der Waals surface area contributed by atoms with Gasteiger partial charge >= 0.3 is 6.61 Å². The number of hydrogen-bond acceptors (Lipinski definition) is 1. The normalized spacial score (nSPS) is 20.3. The zero-order valence-electron chi connectivity index (χ0n) is 15.1. The van der Waals surface area contributed by atoms with Crippen LogP contribution in [0, 0.1) is 11.7 Å². The minimum atomic E-state index is -3.03. The van der Waals surface area contributed by atoms with Gasteiger partial charge in [-0.05, 0) is 66.3 Å². The summed E-state index contributed by atoms with van der Waals surface area (Å²) in [5.41, 5.74) is 2.86. The first-order valence-corrected chi connectivity index (χ1v) is 9.41. The van der Waals surface area contributed by atoms with E-state index in [0.717, 1.165) is 11.5 Å². The summed E-state index contributed by atoms with van der Waals surface area (Å²) < 4.78 is 42.5. The highest BCUT2D eigenvalue weighted by Gasteiger charge is 2.21. The van der Waals surface area contributed by atoms with Crippen LogP contribution < -0.4 is 4.74 Å². The van der Waals surface area contributed by atoms with Crippen molar-refractivity contribution < 1.29 is 17.9 Å². The molecule has 1 nitrogen and oxygen atoms in total. The summed E-state index contributed by atoms with van der Waals surface area (Å²) in [6.45, 7) is -0.776. The fourth-order valence-corrected chi connectivity index (χ4v) is 4.01. The van der Waals surface area contributed by atoms with Crippen LogP contribution in [0.15, 0.2) is 42.5 Å². The first kappa shape index (κ1) is 18.8. The van der Waals surface area contributed by atoms with Gasteiger partial charge in [0.15, 0.2) is 11.6 Å². The molecular formula is C22H25F3O. The molecule has 0 bridgehead atoms. The first-order chi connectivity index (χ1) is 12.6. The summed E-state index contributed by atoms with van der Waals surface area (Å²) in [5.74, 6) is 0.286. The largest absolute Gasteiger partial charge is 0.432 e. The molecule has 0 atom stereocenters. The second-order valence-electron chi connectivity index (χ2n) is 7.15. The van der Waals surface area contributed by atoms with Crippen molar-refractivity contribution >= 4 is 0 Å². The van der Waals surface area contributed by atoms with Gasteiger partial charge in [0.25, 0.3) is 0 Å². The van der Waals surface area contributed by atoms with Gasteiger partial charge in [-0.1, -0.05) is 50.1 Å². The lowest BCUT2D eigenvalue weighted by Crippen LogP contribution is -2.13. The quantitative estimate of drug-likeness (QED) is 0.529. The van der Waals surface area contributed by atoms with Gasteiger partial charge in [-0.15, -0.1) is 0 Å². The van der Waals surface area contributed by atoms with Crippen LogP contribution in [0.2, 0.25) is 0 Å². The van der Waals surface area contributed by atoms with Gasteiger partial charge in [0.2, 0.25) is 0 Å². The van der Waals surface area contributed by atoms with Crippen LogP contribution in [0.3, 0.4) is 0 Å². The van der Waals surface area contributed by atoms with Crippen molar-refractivity contribution in [3.05, 3.63) is 53.8 Å². The molecule has 1 saturated carbocycles. The van der Waals surface area contributed by atoms with Crippen LogP contribution in [-0.2, 0) is 0 Å². The second-order valence-corrected chi connectivity index (χ2v) is 7.15. The van der Waals surface area contributed by atoms with Gasteiger partial charge in [0, 0.05) is 0 Å². The third-order valence-corrected chi connectivity index (χ3v) is 5.41. The Morgan fingerprint density at radius 2 is 1.62 bits per heavy atom. The van der Waals surface area contributed by atoms with E-state index < -0.39 is 18.2 Å². The van der Waals surface area contributed by atoms with E-state index >= 15 is 0 Å². The average Bonchev–Trinajstić information content (AvgIpc) is 2.64. The average molecular weight is 362 g/mol. The molecule has 0 aromatic heterocycles. The number of hydrogen-bond donors (Lipinski definition) is 0. The smallest absolute Gasteiger partial charge is 0.387 e. The molecule has 0 heterocycles. The van der Waals surface area contributed by atoms with Crippen LogP contribution in [0.1, 0.15) is 56.9 Å². The number of alkyl halides is 2. The second kappa shape index (κ2) is 8.61. The highest BCUT2D eigenvalue weighted by molar-refractivity contribution is 5.64. The van der Waals surface area contributed by atoms with Crippen LogP contribution in [0.25, 0.3) is 11.1 Å². The van der Waals surface area contributed by atoms with E-state index in [1.54, 1.807) is 6.07 Å². The Morgan fingerprint density at radius 1 is 0.962 bits per heavy atom. The molecular weight excluding hydrogens is 337 g/mol. The molecule has 2 aromatic carbocycles. The van der Waals surface area contributed by atoms with E-state index in [1.165, 1.54) is 56.2 Å². The molecule has 0 spiro atoms. The molecule has 0 amide bonds. The molecule has 0 saturated heterocycles. The van der Waals surface area contributed by atoms with Gasteiger partial charge < -0.3 is 4.74 Å². The van der Waals surface area contributed by atoms with Crippen molar-refractivity contribution in [2.75, 3.05) is 0 Å². The van der Waals surface area contributed by atoms with Crippen LogP contribution >= 0.6 is 0 Å². The molecule has 140 valence electrons. The van der Waals surface area contributed by atoms with Crippen molar-refractivity contribution in [2.24, 2.45) is 5.92 Å². The molecule has 0 aliphatic heterocycles. The van der Waals surface area contributed by atoms with Crippen LogP contribution in [0.4, 0.5) is 13.2 Å². The zero-order chi connectivity index (χ0) is 18.5. The third-order valence-electron chi connectivity index (χ3n) is 5.41. The molecule has 0 unspecified atom stereocenters. The lowest BCUT2D eigenvalue weighted by atomic mass is 9.77. The number of ether oxygens (including phenoxy) is 1. The van der Waals surface area contributed by atoms with E-state index in [2.05, 4.69) is 23.8 Å². The highest BCUT2D eigenvalue weighted by atomic mass is 19.3. The lowest BCUT2D eigenvalue weighted by molar-refractivity contribution is -0.0521. The molecule has 1 aliphatic rings. The predicted molar refractivity (Wildman–Crippen MR) is 98.1 cm³/mol. The van der Waals surface area contributed by atoms with Gasteiger partial charge in [0.05, 0.1) is 0 Å². The molecule has 26 heavy (non-hydrogen) atoms.